The van der Waals surface area contributed by atoms with E-state index in [4.69, 9.17) is 19.7 Å². The molecule has 0 aromatic heterocycles. The molecule has 0 bridgehead atoms. The van der Waals surface area contributed by atoms with Crippen molar-refractivity contribution in [2.24, 2.45) is 0 Å². The number of aliphatic hydroxyl groups is 2. The van der Waals surface area contributed by atoms with Crippen molar-refractivity contribution >= 4 is 5.97 Å². The molecular formula is C19H20O6. The molecule has 25 heavy (non-hydrogen) atoms. The number of rotatable bonds is 9. The number of carbonyl (C=O) groups is 1. The summed E-state index contributed by atoms with van der Waals surface area (Å²) in [4.78, 5) is 10.8. The van der Waals surface area contributed by atoms with E-state index in [1.165, 1.54) is 6.08 Å². The Labute approximate surface area is 145 Å². The molecule has 6 nitrogen and oxygen atoms in total. The van der Waals surface area contributed by atoms with Gasteiger partial charge in [-0.1, -0.05) is 30.3 Å². The fourth-order valence-electron chi connectivity index (χ4n) is 2.16. The minimum Gasteiger partial charge on any atom is -0.491 e. The lowest BCUT2D eigenvalue weighted by atomic mass is 10.0. The highest BCUT2D eigenvalue weighted by molar-refractivity contribution is 5.79. The molecule has 0 aliphatic carbocycles. The van der Waals surface area contributed by atoms with Gasteiger partial charge < -0.3 is 24.8 Å². The topological polar surface area (TPSA) is 96.2 Å². The highest BCUT2D eigenvalue weighted by atomic mass is 16.5. The van der Waals surface area contributed by atoms with Crippen molar-refractivity contribution in [2.45, 2.75) is 12.2 Å². The molecule has 0 radical (unpaired) electrons. The molecule has 0 fully saturated rings. The normalized spacial score (nSPS) is 13.4. The summed E-state index contributed by atoms with van der Waals surface area (Å²) in [5.74, 6) is -0.0438. The first-order valence-electron chi connectivity index (χ1n) is 7.74. The highest BCUT2D eigenvalue weighted by Crippen LogP contribution is 2.25. The summed E-state index contributed by atoms with van der Waals surface area (Å²) < 4.78 is 11.0. The van der Waals surface area contributed by atoms with Crippen LogP contribution >= 0.6 is 0 Å². The van der Waals surface area contributed by atoms with Crippen LogP contribution in [0, 0.1) is 0 Å². The minimum absolute atomic E-state index is 0.0860. The molecule has 6 heteroatoms. The van der Waals surface area contributed by atoms with Crippen molar-refractivity contribution in [1.29, 1.82) is 0 Å². The standard InChI is InChI=1S/C19H20O6/c20-12-13-24-15-8-6-14(7-9-15)19(23)17(10-11-18(21)22)25-16-4-2-1-3-5-16/h1-11,17,19-20,23H,12-13H2,(H,21,22)/b11-10+/t17-,19-/m1/s1. The molecule has 0 saturated carbocycles. The van der Waals surface area contributed by atoms with Gasteiger partial charge in [0.15, 0.2) is 0 Å². The number of hydrogen-bond donors (Lipinski definition) is 3. The lowest BCUT2D eigenvalue weighted by Gasteiger charge is -2.22. The zero-order valence-electron chi connectivity index (χ0n) is 13.5. The van der Waals surface area contributed by atoms with Gasteiger partial charge in [-0.2, -0.15) is 0 Å². The van der Waals surface area contributed by atoms with Crippen molar-refractivity contribution in [3.63, 3.8) is 0 Å². The van der Waals surface area contributed by atoms with Gasteiger partial charge in [-0.15, -0.1) is 0 Å². The highest BCUT2D eigenvalue weighted by Gasteiger charge is 2.21. The number of aliphatic carboxylic acids is 1. The second-order valence-corrected chi connectivity index (χ2v) is 5.18. The maximum absolute atomic E-state index is 10.8. The number of carboxylic acids is 1. The van der Waals surface area contributed by atoms with Gasteiger partial charge in [0.25, 0.3) is 0 Å². The second kappa shape index (κ2) is 9.46. The Morgan fingerprint density at radius 1 is 1.04 bits per heavy atom. The Hall–Kier alpha value is -2.83. The number of para-hydroxylation sites is 1. The zero-order valence-corrected chi connectivity index (χ0v) is 13.5. The van der Waals surface area contributed by atoms with Crippen molar-refractivity contribution in [1.82, 2.24) is 0 Å². The van der Waals surface area contributed by atoms with E-state index in [2.05, 4.69) is 0 Å². The first-order valence-corrected chi connectivity index (χ1v) is 7.74. The minimum atomic E-state index is -1.12. The first kappa shape index (κ1) is 18.5. The number of benzene rings is 2. The first-order chi connectivity index (χ1) is 12.1. The number of hydrogen-bond acceptors (Lipinski definition) is 5. The predicted octanol–water partition coefficient (Wildman–Crippen LogP) is 2.18. The van der Waals surface area contributed by atoms with Gasteiger partial charge in [-0.25, -0.2) is 4.79 Å². The number of ether oxygens (including phenoxy) is 2. The summed E-state index contributed by atoms with van der Waals surface area (Å²) in [6.45, 7) is 0.0976. The van der Waals surface area contributed by atoms with Gasteiger partial charge >= 0.3 is 5.97 Å². The van der Waals surface area contributed by atoms with E-state index in [0.29, 0.717) is 17.1 Å². The van der Waals surface area contributed by atoms with E-state index in [9.17, 15) is 9.90 Å². The van der Waals surface area contributed by atoms with Crippen molar-refractivity contribution in [3.8, 4) is 11.5 Å². The predicted molar refractivity (Wildman–Crippen MR) is 91.6 cm³/mol. The van der Waals surface area contributed by atoms with Crippen molar-refractivity contribution in [3.05, 3.63) is 72.3 Å². The summed E-state index contributed by atoms with van der Waals surface area (Å²) >= 11 is 0. The fraction of sp³-hybridized carbons (Fsp3) is 0.211. The van der Waals surface area contributed by atoms with Crippen LogP contribution in [0.4, 0.5) is 0 Å². The third-order valence-corrected chi connectivity index (χ3v) is 3.34. The summed E-state index contributed by atoms with van der Waals surface area (Å²) in [5.41, 5.74) is 0.548. The largest absolute Gasteiger partial charge is 0.491 e. The van der Waals surface area contributed by atoms with Crippen molar-refractivity contribution in [2.75, 3.05) is 13.2 Å². The van der Waals surface area contributed by atoms with Crippen LogP contribution < -0.4 is 9.47 Å². The molecule has 0 aliphatic rings. The zero-order chi connectivity index (χ0) is 18.1. The monoisotopic (exact) mass is 344 g/mol. The van der Waals surface area contributed by atoms with E-state index in [1.807, 2.05) is 6.07 Å². The molecule has 2 aromatic rings. The van der Waals surface area contributed by atoms with E-state index >= 15 is 0 Å². The molecule has 0 unspecified atom stereocenters. The Morgan fingerprint density at radius 3 is 2.32 bits per heavy atom. The van der Waals surface area contributed by atoms with Crippen molar-refractivity contribution < 1.29 is 29.6 Å². The van der Waals surface area contributed by atoms with Crippen LogP contribution in [0.2, 0.25) is 0 Å². The molecule has 2 aromatic carbocycles. The Morgan fingerprint density at radius 2 is 1.72 bits per heavy atom. The van der Waals surface area contributed by atoms with Gasteiger partial charge in [0, 0.05) is 6.08 Å². The molecule has 2 atom stereocenters. The molecular weight excluding hydrogens is 324 g/mol. The maximum Gasteiger partial charge on any atom is 0.328 e. The Kier molecular flexibility index (Phi) is 7.00. The van der Waals surface area contributed by atoms with Gasteiger partial charge in [-0.05, 0) is 35.9 Å². The Balaban J connectivity index is 2.15. The molecule has 132 valence electrons. The van der Waals surface area contributed by atoms with Crippen LogP contribution in [0.25, 0.3) is 0 Å². The summed E-state index contributed by atoms with van der Waals surface area (Å²) in [6, 6.07) is 15.5. The van der Waals surface area contributed by atoms with E-state index in [1.54, 1.807) is 48.5 Å². The van der Waals surface area contributed by atoms with Crippen LogP contribution in [-0.2, 0) is 4.79 Å². The smallest absolute Gasteiger partial charge is 0.328 e. The third-order valence-electron chi connectivity index (χ3n) is 3.34. The van der Waals surface area contributed by atoms with Gasteiger partial charge in [0.05, 0.1) is 6.61 Å². The maximum atomic E-state index is 10.8. The lowest BCUT2D eigenvalue weighted by Crippen LogP contribution is -2.23. The summed E-state index contributed by atoms with van der Waals surface area (Å²) in [7, 11) is 0. The molecule has 0 spiro atoms. The van der Waals surface area contributed by atoms with Gasteiger partial charge in [0.2, 0.25) is 0 Å². The number of carboxylic acid groups (broad SMARTS) is 1. The molecule has 0 amide bonds. The average Bonchev–Trinajstić information content (AvgIpc) is 2.64. The van der Waals surface area contributed by atoms with Crippen LogP contribution in [0.5, 0.6) is 11.5 Å². The lowest BCUT2D eigenvalue weighted by molar-refractivity contribution is -0.131. The van der Waals surface area contributed by atoms with E-state index in [-0.39, 0.29) is 13.2 Å². The third kappa shape index (κ3) is 5.95. The Bertz CT molecular complexity index is 681. The number of aliphatic hydroxyl groups excluding tert-OH is 2. The summed E-state index contributed by atoms with van der Waals surface area (Å²) in [6.07, 6.45) is 0.302. The van der Waals surface area contributed by atoms with Crippen LogP contribution in [0.1, 0.15) is 11.7 Å². The van der Waals surface area contributed by atoms with E-state index < -0.39 is 18.2 Å². The molecule has 3 N–H and O–H groups in total. The SMILES string of the molecule is O=C(O)/C=C/[C@@H](Oc1ccccc1)[C@H](O)c1ccc(OCCO)cc1. The molecule has 2 rings (SSSR count). The second-order valence-electron chi connectivity index (χ2n) is 5.18. The van der Waals surface area contributed by atoms with Crippen LogP contribution in [0.15, 0.2) is 66.7 Å². The van der Waals surface area contributed by atoms with Gasteiger partial charge in [0.1, 0.15) is 30.3 Å². The molecule has 0 saturated heterocycles. The molecule has 0 aliphatic heterocycles. The fourth-order valence-corrected chi connectivity index (χ4v) is 2.16. The quantitative estimate of drug-likeness (QED) is 0.604. The van der Waals surface area contributed by atoms with E-state index in [0.717, 1.165) is 6.08 Å². The average molecular weight is 344 g/mol. The van der Waals surface area contributed by atoms with Crippen LogP contribution in [-0.4, -0.2) is 40.6 Å². The van der Waals surface area contributed by atoms with Crippen LogP contribution in [0.3, 0.4) is 0 Å². The van der Waals surface area contributed by atoms with Gasteiger partial charge in [-0.3, -0.25) is 0 Å². The summed E-state index contributed by atoms with van der Waals surface area (Å²) in [5, 5.41) is 28.2. The molecule has 0 heterocycles.